The summed E-state index contributed by atoms with van der Waals surface area (Å²) in [5.74, 6) is -0.565. The van der Waals surface area contributed by atoms with Crippen molar-refractivity contribution in [3.8, 4) is 5.75 Å². The van der Waals surface area contributed by atoms with Crippen LogP contribution >= 0.6 is 0 Å². The largest absolute Gasteiger partial charge is 0.493 e. The molecule has 0 fully saturated rings. The first-order chi connectivity index (χ1) is 9.65. The van der Waals surface area contributed by atoms with Crippen LogP contribution in [0.1, 0.15) is 38.5 Å². The Hall–Kier alpha value is -1.69. The SMILES string of the molecule is O=[N+]([O-])c1ccc(OCCCCCCCCO)cc1F. The molecular weight excluding hydrogens is 265 g/mol. The van der Waals surface area contributed by atoms with Gasteiger partial charge in [0.2, 0.25) is 5.82 Å². The van der Waals surface area contributed by atoms with Crippen LogP contribution in [0.4, 0.5) is 10.1 Å². The number of nitrogens with zero attached hydrogens (tertiary/aromatic N) is 1. The smallest absolute Gasteiger partial charge is 0.305 e. The Morgan fingerprint density at radius 1 is 1.15 bits per heavy atom. The van der Waals surface area contributed by atoms with Gasteiger partial charge >= 0.3 is 5.69 Å². The highest BCUT2D eigenvalue weighted by Gasteiger charge is 2.13. The van der Waals surface area contributed by atoms with E-state index >= 15 is 0 Å². The topological polar surface area (TPSA) is 72.6 Å². The highest BCUT2D eigenvalue weighted by atomic mass is 19.1. The Bertz CT molecular complexity index is 426. The summed E-state index contributed by atoms with van der Waals surface area (Å²) in [5, 5.41) is 19.1. The van der Waals surface area contributed by atoms with E-state index in [4.69, 9.17) is 9.84 Å². The van der Waals surface area contributed by atoms with Gasteiger partial charge in [-0.25, -0.2) is 0 Å². The van der Waals surface area contributed by atoms with Gasteiger partial charge in [-0.3, -0.25) is 10.1 Å². The van der Waals surface area contributed by atoms with Crippen molar-refractivity contribution in [2.75, 3.05) is 13.2 Å². The van der Waals surface area contributed by atoms with E-state index in [9.17, 15) is 14.5 Å². The van der Waals surface area contributed by atoms with Gasteiger partial charge in [0.05, 0.1) is 11.5 Å². The lowest BCUT2D eigenvalue weighted by Gasteiger charge is -2.06. The van der Waals surface area contributed by atoms with E-state index in [0.29, 0.717) is 12.4 Å². The minimum atomic E-state index is -0.878. The Morgan fingerprint density at radius 3 is 2.40 bits per heavy atom. The lowest BCUT2D eigenvalue weighted by Crippen LogP contribution is -1.99. The molecule has 1 aromatic rings. The minimum Gasteiger partial charge on any atom is -0.493 e. The average molecular weight is 285 g/mol. The fourth-order valence-corrected chi connectivity index (χ4v) is 1.84. The highest BCUT2D eigenvalue weighted by molar-refractivity contribution is 5.37. The van der Waals surface area contributed by atoms with Gasteiger partial charge in [0, 0.05) is 18.7 Å². The number of rotatable bonds is 10. The Morgan fingerprint density at radius 2 is 1.80 bits per heavy atom. The molecule has 0 aliphatic rings. The molecule has 1 rings (SSSR count). The predicted molar refractivity (Wildman–Crippen MR) is 73.3 cm³/mol. The summed E-state index contributed by atoms with van der Waals surface area (Å²) in [6.07, 6.45) is 5.92. The summed E-state index contributed by atoms with van der Waals surface area (Å²) in [5.41, 5.74) is -0.541. The molecule has 112 valence electrons. The summed E-state index contributed by atoms with van der Waals surface area (Å²) >= 11 is 0. The minimum absolute atomic E-state index is 0.245. The fourth-order valence-electron chi connectivity index (χ4n) is 1.84. The van der Waals surface area contributed by atoms with Crippen LogP contribution in [0.3, 0.4) is 0 Å². The van der Waals surface area contributed by atoms with E-state index in [1.807, 2.05) is 0 Å². The third-order valence-electron chi connectivity index (χ3n) is 2.94. The van der Waals surface area contributed by atoms with Crippen molar-refractivity contribution in [3.05, 3.63) is 34.1 Å². The summed E-state index contributed by atoms with van der Waals surface area (Å²) in [4.78, 5) is 9.69. The summed E-state index contributed by atoms with van der Waals surface area (Å²) in [6.45, 7) is 0.714. The van der Waals surface area contributed by atoms with E-state index in [2.05, 4.69) is 0 Å². The quantitative estimate of drug-likeness (QED) is 0.406. The molecule has 1 aromatic carbocycles. The number of hydrogen-bond donors (Lipinski definition) is 1. The normalized spacial score (nSPS) is 10.5. The van der Waals surface area contributed by atoms with Gasteiger partial charge in [-0.1, -0.05) is 25.7 Å². The standard InChI is InChI=1S/C14H20FNO4/c15-13-11-12(7-8-14(13)16(18)19)20-10-6-4-2-1-3-5-9-17/h7-8,11,17H,1-6,9-10H2. The lowest BCUT2D eigenvalue weighted by atomic mass is 10.1. The third kappa shape index (κ3) is 5.97. The number of nitro benzene ring substituents is 1. The zero-order valence-corrected chi connectivity index (χ0v) is 11.4. The van der Waals surface area contributed by atoms with Crippen molar-refractivity contribution in [2.24, 2.45) is 0 Å². The Labute approximate surface area is 117 Å². The van der Waals surface area contributed by atoms with Crippen molar-refractivity contribution in [3.63, 3.8) is 0 Å². The molecule has 0 aromatic heterocycles. The van der Waals surface area contributed by atoms with Gasteiger partial charge in [0.1, 0.15) is 5.75 Å². The maximum absolute atomic E-state index is 13.3. The third-order valence-corrected chi connectivity index (χ3v) is 2.94. The van der Waals surface area contributed by atoms with Crippen molar-refractivity contribution in [1.29, 1.82) is 0 Å². The Balaban J connectivity index is 2.19. The van der Waals surface area contributed by atoms with Crippen LogP contribution in [0, 0.1) is 15.9 Å². The van der Waals surface area contributed by atoms with Crippen LogP contribution in [0.15, 0.2) is 18.2 Å². The van der Waals surface area contributed by atoms with Crippen LogP contribution in [0.2, 0.25) is 0 Å². The highest BCUT2D eigenvalue weighted by Crippen LogP contribution is 2.22. The van der Waals surface area contributed by atoms with E-state index < -0.39 is 16.4 Å². The number of halogens is 1. The van der Waals surface area contributed by atoms with Gasteiger partial charge in [-0.15, -0.1) is 0 Å². The molecule has 0 aliphatic carbocycles. The number of aliphatic hydroxyl groups excluding tert-OH is 1. The number of unbranched alkanes of at least 4 members (excludes halogenated alkanes) is 5. The molecule has 0 aliphatic heterocycles. The monoisotopic (exact) mass is 285 g/mol. The van der Waals surface area contributed by atoms with E-state index in [-0.39, 0.29) is 6.61 Å². The second-order valence-corrected chi connectivity index (χ2v) is 4.56. The molecule has 1 N–H and O–H groups in total. The Kier molecular flexibility index (Phi) is 7.57. The molecule has 6 heteroatoms. The number of nitro groups is 1. The number of benzene rings is 1. The van der Waals surface area contributed by atoms with Crippen LogP contribution in [0.25, 0.3) is 0 Å². The predicted octanol–water partition coefficient (Wildman–Crippen LogP) is 3.45. The first-order valence-electron chi connectivity index (χ1n) is 6.82. The van der Waals surface area contributed by atoms with Crippen molar-refractivity contribution >= 4 is 5.69 Å². The zero-order chi connectivity index (χ0) is 14.8. The molecule has 0 heterocycles. The fraction of sp³-hybridized carbons (Fsp3) is 0.571. The first-order valence-corrected chi connectivity index (χ1v) is 6.82. The average Bonchev–Trinajstić information content (AvgIpc) is 2.41. The molecular formula is C14H20FNO4. The molecule has 0 saturated carbocycles. The maximum Gasteiger partial charge on any atom is 0.305 e. The number of aliphatic hydroxyl groups is 1. The summed E-state index contributed by atoms with van der Waals surface area (Å²) < 4.78 is 18.7. The summed E-state index contributed by atoms with van der Waals surface area (Å²) in [7, 11) is 0. The van der Waals surface area contributed by atoms with Gasteiger partial charge < -0.3 is 9.84 Å². The van der Waals surface area contributed by atoms with Crippen LogP contribution in [0.5, 0.6) is 5.75 Å². The second kappa shape index (κ2) is 9.25. The first kappa shape index (κ1) is 16.4. The molecule has 0 spiro atoms. The van der Waals surface area contributed by atoms with Crippen LogP contribution in [-0.2, 0) is 0 Å². The van der Waals surface area contributed by atoms with Crippen molar-refractivity contribution in [1.82, 2.24) is 0 Å². The molecule has 0 amide bonds. The van der Waals surface area contributed by atoms with Crippen molar-refractivity contribution in [2.45, 2.75) is 38.5 Å². The van der Waals surface area contributed by atoms with Gasteiger partial charge in [0.15, 0.2) is 0 Å². The van der Waals surface area contributed by atoms with Crippen LogP contribution in [-0.4, -0.2) is 23.2 Å². The van der Waals surface area contributed by atoms with Crippen molar-refractivity contribution < 1.29 is 19.2 Å². The van der Waals surface area contributed by atoms with E-state index in [1.165, 1.54) is 6.07 Å². The molecule has 0 bridgehead atoms. The zero-order valence-electron chi connectivity index (χ0n) is 11.4. The lowest BCUT2D eigenvalue weighted by molar-refractivity contribution is -0.387. The van der Waals surface area contributed by atoms with Gasteiger partial charge in [-0.2, -0.15) is 4.39 Å². The van der Waals surface area contributed by atoms with Gasteiger partial charge in [0.25, 0.3) is 0 Å². The number of hydrogen-bond acceptors (Lipinski definition) is 4. The van der Waals surface area contributed by atoms with E-state index in [0.717, 1.165) is 50.7 Å². The van der Waals surface area contributed by atoms with Gasteiger partial charge in [-0.05, 0) is 18.9 Å². The maximum atomic E-state index is 13.3. The molecule has 0 unspecified atom stereocenters. The molecule has 20 heavy (non-hydrogen) atoms. The molecule has 0 radical (unpaired) electrons. The molecule has 5 nitrogen and oxygen atoms in total. The van der Waals surface area contributed by atoms with E-state index in [1.54, 1.807) is 0 Å². The molecule has 0 saturated heterocycles. The second-order valence-electron chi connectivity index (χ2n) is 4.56. The molecule has 0 atom stereocenters. The summed E-state index contributed by atoms with van der Waals surface area (Å²) in [6, 6.07) is 3.56. The number of ether oxygens (including phenoxy) is 1. The van der Waals surface area contributed by atoms with Crippen LogP contribution < -0.4 is 4.74 Å².